The number of nitro benzene ring substituents is 1. The first-order chi connectivity index (χ1) is 9.02. The molecule has 2 rings (SSSR count). The highest BCUT2D eigenvalue weighted by atomic mass is 35.5. The topological polar surface area (TPSA) is 99.0 Å². The molecule has 0 radical (unpaired) electrons. The fourth-order valence-electron chi connectivity index (χ4n) is 1.70. The lowest BCUT2D eigenvalue weighted by molar-refractivity contribution is -0.384. The van der Waals surface area contributed by atoms with Crippen LogP contribution in [-0.4, -0.2) is 14.7 Å². The van der Waals surface area contributed by atoms with Gasteiger partial charge in [-0.1, -0.05) is 17.7 Å². The predicted molar refractivity (Wildman–Crippen MR) is 72.0 cm³/mol. The SMILES string of the molecule is Cc1c(Cl)cnn1Cc1ccc(NN)c([N+](=O)[O-])c1. The van der Waals surface area contributed by atoms with Crippen LogP contribution in [0.25, 0.3) is 0 Å². The van der Waals surface area contributed by atoms with Gasteiger partial charge in [0, 0.05) is 6.07 Å². The molecule has 0 unspecified atom stereocenters. The van der Waals surface area contributed by atoms with Crippen LogP contribution in [0.5, 0.6) is 0 Å². The molecule has 0 saturated carbocycles. The van der Waals surface area contributed by atoms with Gasteiger partial charge >= 0.3 is 0 Å². The van der Waals surface area contributed by atoms with Crippen molar-refractivity contribution in [3.63, 3.8) is 0 Å². The fourth-order valence-corrected chi connectivity index (χ4v) is 1.85. The van der Waals surface area contributed by atoms with E-state index in [-0.39, 0.29) is 11.4 Å². The molecule has 0 fully saturated rings. The van der Waals surface area contributed by atoms with E-state index < -0.39 is 4.92 Å². The number of nitrogens with two attached hydrogens (primary N) is 1. The molecule has 2 aromatic rings. The maximum Gasteiger partial charge on any atom is 0.293 e. The average molecular weight is 282 g/mol. The summed E-state index contributed by atoms with van der Waals surface area (Å²) in [5.41, 5.74) is 4.05. The van der Waals surface area contributed by atoms with Gasteiger partial charge in [-0.15, -0.1) is 0 Å². The molecule has 3 N–H and O–H groups in total. The summed E-state index contributed by atoms with van der Waals surface area (Å²) in [6.45, 7) is 2.24. The van der Waals surface area contributed by atoms with Crippen molar-refractivity contribution in [2.75, 3.05) is 5.43 Å². The molecule has 0 atom stereocenters. The van der Waals surface area contributed by atoms with E-state index in [0.29, 0.717) is 11.6 Å². The first-order valence-corrected chi connectivity index (χ1v) is 5.82. The summed E-state index contributed by atoms with van der Waals surface area (Å²) in [6.07, 6.45) is 1.54. The zero-order chi connectivity index (χ0) is 14.0. The van der Waals surface area contributed by atoms with E-state index in [1.165, 1.54) is 6.07 Å². The number of nitrogen functional groups attached to an aromatic ring is 1. The van der Waals surface area contributed by atoms with Crippen LogP contribution in [-0.2, 0) is 6.54 Å². The Kier molecular flexibility index (Phi) is 3.68. The lowest BCUT2D eigenvalue weighted by Crippen LogP contribution is -2.10. The lowest BCUT2D eigenvalue weighted by Gasteiger charge is -2.07. The third kappa shape index (κ3) is 2.67. The first-order valence-electron chi connectivity index (χ1n) is 5.44. The maximum absolute atomic E-state index is 10.9. The van der Waals surface area contributed by atoms with E-state index in [2.05, 4.69) is 10.5 Å². The van der Waals surface area contributed by atoms with Gasteiger partial charge in [0.15, 0.2) is 0 Å². The van der Waals surface area contributed by atoms with Crippen LogP contribution in [0.2, 0.25) is 5.02 Å². The molecule has 7 nitrogen and oxygen atoms in total. The van der Waals surface area contributed by atoms with Crippen molar-refractivity contribution in [3.05, 3.63) is 50.8 Å². The number of anilines is 1. The molecule has 8 heteroatoms. The van der Waals surface area contributed by atoms with E-state index >= 15 is 0 Å². The highest BCUT2D eigenvalue weighted by molar-refractivity contribution is 6.31. The number of nitrogens with one attached hydrogen (secondary N) is 1. The predicted octanol–water partition coefficient (Wildman–Crippen LogP) is 2.09. The van der Waals surface area contributed by atoms with Crippen molar-refractivity contribution in [1.29, 1.82) is 0 Å². The molecular formula is C11H12ClN5O2. The van der Waals surface area contributed by atoms with Crippen LogP contribution in [0.4, 0.5) is 11.4 Å². The van der Waals surface area contributed by atoms with Gasteiger partial charge in [0.2, 0.25) is 0 Å². The van der Waals surface area contributed by atoms with Gasteiger partial charge in [-0.2, -0.15) is 5.10 Å². The molecule has 1 aromatic carbocycles. The monoisotopic (exact) mass is 281 g/mol. The molecule has 100 valence electrons. The second-order valence-corrected chi connectivity index (χ2v) is 4.40. The zero-order valence-corrected chi connectivity index (χ0v) is 10.9. The largest absolute Gasteiger partial charge is 0.318 e. The van der Waals surface area contributed by atoms with E-state index in [9.17, 15) is 10.1 Å². The zero-order valence-electron chi connectivity index (χ0n) is 10.1. The van der Waals surface area contributed by atoms with Crippen molar-refractivity contribution in [3.8, 4) is 0 Å². The van der Waals surface area contributed by atoms with Gasteiger partial charge in [-0.05, 0) is 18.6 Å². The molecular weight excluding hydrogens is 270 g/mol. The lowest BCUT2D eigenvalue weighted by atomic mass is 10.1. The molecule has 0 aliphatic heterocycles. The van der Waals surface area contributed by atoms with E-state index in [0.717, 1.165) is 11.3 Å². The fraction of sp³-hybridized carbons (Fsp3) is 0.182. The number of hydrazine groups is 1. The van der Waals surface area contributed by atoms with Crippen molar-refractivity contribution in [2.45, 2.75) is 13.5 Å². The van der Waals surface area contributed by atoms with Gasteiger partial charge in [0.1, 0.15) is 5.69 Å². The summed E-state index contributed by atoms with van der Waals surface area (Å²) < 4.78 is 1.68. The van der Waals surface area contributed by atoms with Crippen LogP contribution in [0.1, 0.15) is 11.3 Å². The second-order valence-electron chi connectivity index (χ2n) is 3.99. The standard InChI is InChI=1S/C11H12ClN5O2/c1-7-9(12)5-14-16(7)6-8-2-3-10(15-13)11(4-8)17(18)19/h2-5,15H,6,13H2,1H3. The highest BCUT2D eigenvalue weighted by Gasteiger charge is 2.14. The van der Waals surface area contributed by atoms with Crippen LogP contribution >= 0.6 is 11.6 Å². The summed E-state index contributed by atoms with van der Waals surface area (Å²) in [5, 5.41) is 15.6. The number of halogens is 1. The molecule has 1 heterocycles. The van der Waals surface area contributed by atoms with E-state index in [1.54, 1.807) is 23.0 Å². The quantitative estimate of drug-likeness (QED) is 0.508. The van der Waals surface area contributed by atoms with Crippen molar-refractivity contribution in [2.24, 2.45) is 5.84 Å². The van der Waals surface area contributed by atoms with Crippen molar-refractivity contribution in [1.82, 2.24) is 9.78 Å². The van der Waals surface area contributed by atoms with Crippen molar-refractivity contribution < 1.29 is 4.92 Å². The second kappa shape index (κ2) is 5.25. The Morgan fingerprint density at radius 2 is 2.32 bits per heavy atom. The normalized spacial score (nSPS) is 10.5. The number of hydrogen-bond donors (Lipinski definition) is 2. The Bertz CT molecular complexity index is 626. The summed E-state index contributed by atoms with van der Waals surface area (Å²) in [5.74, 6) is 5.23. The molecule has 19 heavy (non-hydrogen) atoms. The molecule has 0 amide bonds. The minimum atomic E-state index is -0.485. The highest BCUT2D eigenvalue weighted by Crippen LogP contribution is 2.25. The number of benzene rings is 1. The third-order valence-corrected chi connectivity index (χ3v) is 3.16. The van der Waals surface area contributed by atoms with Crippen LogP contribution in [0.3, 0.4) is 0 Å². The van der Waals surface area contributed by atoms with Crippen molar-refractivity contribution >= 4 is 23.0 Å². The number of rotatable bonds is 4. The smallest absolute Gasteiger partial charge is 0.293 e. The molecule has 1 aromatic heterocycles. The van der Waals surface area contributed by atoms with Crippen LogP contribution in [0.15, 0.2) is 24.4 Å². The average Bonchev–Trinajstić information content (AvgIpc) is 2.70. The maximum atomic E-state index is 10.9. The first kappa shape index (κ1) is 13.3. The number of hydrogen-bond acceptors (Lipinski definition) is 5. The third-order valence-electron chi connectivity index (χ3n) is 2.79. The van der Waals surface area contributed by atoms with Crippen LogP contribution in [0, 0.1) is 17.0 Å². The van der Waals surface area contributed by atoms with Gasteiger partial charge in [-0.25, -0.2) is 0 Å². The Hall–Kier alpha value is -2.12. The molecule has 0 aliphatic carbocycles. The molecule has 0 spiro atoms. The number of nitro groups is 1. The van der Waals surface area contributed by atoms with Gasteiger partial charge < -0.3 is 5.43 Å². The Balaban J connectivity index is 2.34. The summed E-state index contributed by atoms with van der Waals surface area (Å²) >= 11 is 5.91. The minimum Gasteiger partial charge on any atom is -0.318 e. The summed E-state index contributed by atoms with van der Waals surface area (Å²) in [4.78, 5) is 10.4. The Labute approximate surface area is 114 Å². The van der Waals surface area contributed by atoms with Gasteiger partial charge in [0.05, 0.1) is 28.4 Å². The number of nitrogens with zero attached hydrogens (tertiary/aromatic N) is 3. The Morgan fingerprint density at radius 1 is 1.58 bits per heavy atom. The Morgan fingerprint density at radius 3 is 2.84 bits per heavy atom. The van der Waals surface area contributed by atoms with Gasteiger partial charge in [0.25, 0.3) is 5.69 Å². The molecule has 0 bridgehead atoms. The molecule has 0 saturated heterocycles. The number of aromatic nitrogens is 2. The summed E-state index contributed by atoms with van der Waals surface area (Å²) in [7, 11) is 0. The van der Waals surface area contributed by atoms with Crippen LogP contribution < -0.4 is 11.3 Å². The van der Waals surface area contributed by atoms with E-state index in [4.69, 9.17) is 17.4 Å². The van der Waals surface area contributed by atoms with Gasteiger partial charge in [-0.3, -0.25) is 20.6 Å². The molecule has 0 aliphatic rings. The van der Waals surface area contributed by atoms with E-state index in [1.807, 2.05) is 6.92 Å². The summed E-state index contributed by atoms with van der Waals surface area (Å²) in [6, 6.07) is 4.77. The minimum absolute atomic E-state index is 0.0732.